The molecule has 0 aliphatic rings. The Morgan fingerprint density at radius 2 is 1.73 bits per heavy atom. The van der Waals surface area contributed by atoms with Crippen molar-refractivity contribution in [3.8, 4) is 5.75 Å². The Hall–Kier alpha value is -1.33. The van der Waals surface area contributed by atoms with Crippen LogP contribution in [-0.4, -0.2) is 44.2 Å². The number of rotatable bonds is 7. The second-order valence-electron chi connectivity index (χ2n) is 5.26. The van der Waals surface area contributed by atoms with Crippen LogP contribution in [-0.2, 0) is 28.9 Å². The second kappa shape index (κ2) is 9.64. The first-order valence-electron chi connectivity index (χ1n) is 7.12. The summed E-state index contributed by atoms with van der Waals surface area (Å²) >= 11 is 0. The molecule has 0 aliphatic heterocycles. The molecular weight excluding hydrogens is 370 g/mol. The quantitative estimate of drug-likeness (QED) is 0.677. The Bertz CT molecular complexity index is 531. The number of likely N-dealkylation sites (N-methyl/N-ethyl adjacent to an activating group) is 1. The van der Waals surface area contributed by atoms with E-state index in [2.05, 4.69) is 47.1 Å². The first-order valence-corrected chi connectivity index (χ1v) is 7.12. The van der Waals surface area contributed by atoms with Crippen LogP contribution in [0.3, 0.4) is 0 Å². The standard InChI is InChI=1S/C17H23N3O.Ag/c1-19(2)12-13-20(17-6-4-5-11-18-17)14-15-7-9-16(21-3)10-8-15;/h4-11H,12-14H2,1-3H3;. The van der Waals surface area contributed by atoms with Crippen LogP contribution in [0.25, 0.3) is 0 Å². The monoisotopic (exact) mass is 392 g/mol. The number of aromatic nitrogens is 1. The topological polar surface area (TPSA) is 28.6 Å². The predicted octanol–water partition coefficient (Wildman–Crippen LogP) is 2.66. The molecule has 2 aromatic rings. The molecule has 2 rings (SSSR count). The Kier molecular flexibility index (Phi) is 8.20. The van der Waals surface area contributed by atoms with Gasteiger partial charge in [-0.3, -0.25) is 0 Å². The van der Waals surface area contributed by atoms with Gasteiger partial charge in [0.2, 0.25) is 0 Å². The van der Waals surface area contributed by atoms with E-state index in [0.29, 0.717) is 0 Å². The summed E-state index contributed by atoms with van der Waals surface area (Å²) in [5.74, 6) is 1.89. The van der Waals surface area contributed by atoms with Gasteiger partial charge in [-0.2, -0.15) is 0 Å². The van der Waals surface area contributed by atoms with Crippen molar-refractivity contribution < 1.29 is 27.1 Å². The van der Waals surface area contributed by atoms with Gasteiger partial charge in [-0.25, -0.2) is 4.98 Å². The van der Waals surface area contributed by atoms with Crippen LogP contribution < -0.4 is 9.64 Å². The van der Waals surface area contributed by atoms with Gasteiger partial charge in [0.25, 0.3) is 0 Å². The van der Waals surface area contributed by atoms with Crippen LogP contribution >= 0.6 is 0 Å². The van der Waals surface area contributed by atoms with Gasteiger partial charge < -0.3 is 14.5 Å². The molecular formula is C17H23AgN3O. The Balaban J connectivity index is 0.00000242. The van der Waals surface area contributed by atoms with Crippen LogP contribution in [0.1, 0.15) is 5.56 Å². The predicted molar refractivity (Wildman–Crippen MR) is 86.8 cm³/mol. The number of pyridine rings is 1. The minimum atomic E-state index is 0. The summed E-state index contributed by atoms with van der Waals surface area (Å²) < 4.78 is 5.21. The molecule has 0 amide bonds. The van der Waals surface area contributed by atoms with Gasteiger partial charge in [0, 0.05) is 48.2 Å². The van der Waals surface area contributed by atoms with E-state index in [1.807, 2.05) is 30.5 Å². The van der Waals surface area contributed by atoms with Gasteiger partial charge in [-0.15, -0.1) is 0 Å². The molecule has 1 radical (unpaired) electrons. The Labute approximate surface area is 148 Å². The molecule has 0 fully saturated rings. The number of nitrogens with zero attached hydrogens (tertiary/aromatic N) is 3. The first-order chi connectivity index (χ1) is 10.2. The number of hydrogen-bond donors (Lipinski definition) is 0. The smallest absolute Gasteiger partial charge is 0.128 e. The van der Waals surface area contributed by atoms with Crippen molar-refractivity contribution in [2.75, 3.05) is 39.2 Å². The fourth-order valence-corrected chi connectivity index (χ4v) is 2.09. The van der Waals surface area contributed by atoms with Crippen LogP contribution in [0.5, 0.6) is 5.75 Å². The maximum absolute atomic E-state index is 5.21. The summed E-state index contributed by atoms with van der Waals surface area (Å²) in [5, 5.41) is 0. The van der Waals surface area contributed by atoms with E-state index in [-0.39, 0.29) is 22.4 Å². The van der Waals surface area contributed by atoms with Gasteiger partial charge in [-0.1, -0.05) is 18.2 Å². The molecule has 0 aliphatic carbocycles. The number of anilines is 1. The summed E-state index contributed by atoms with van der Waals surface area (Å²) in [6.07, 6.45) is 1.84. The third-order valence-corrected chi connectivity index (χ3v) is 3.32. The molecule has 0 bridgehead atoms. The van der Waals surface area contributed by atoms with Crippen molar-refractivity contribution in [3.63, 3.8) is 0 Å². The summed E-state index contributed by atoms with van der Waals surface area (Å²) in [6.45, 7) is 2.78. The van der Waals surface area contributed by atoms with Crippen molar-refractivity contribution in [1.82, 2.24) is 9.88 Å². The third kappa shape index (κ3) is 5.81. The Morgan fingerprint density at radius 1 is 1.00 bits per heavy atom. The molecule has 0 unspecified atom stereocenters. The summed E-state index contributed by atoms with van der Waals surface area (Å²) in [6, 6.07) is 14.2. The largest absolute Gasteiger partial charge is 0.497 e. The summed E-state index contributed by atoms with van der Waals surface area (Å²) in [7, 11) is 5.86. The average molecular weight is 393 g/mol. The van der Waals surface area contributed by atoms with Gasteiger partial charge in [0.05, 0.1) is 7.11 Å². The molecule has 0 saturated heterocycles. The van der Waals surface area contributed by atoms with Crippen LogP contribution in [0.4, 0.5) is 5.82 Å². The maximum Gasteiger partial charge on any atom is 0.128 e. The van der Waals surface area contributed by atoms with E-state index >= 15 is 0 Å². The fourth-order valence-electron chi connectivity index (χ4n) is 2.09. The minimum absolute atomic E-state index is 0. The summed E-state index contributed by atoms with van der Waals surface area (Å²) in [4.78, 5) is 8.95. The van der Waals surface area contributed by atoms with Crippen molar-refractivity contribution in [2.45, 2.75) is 6.54 Å². The van der Waals surface area contributed by atoms with E-state index in [1.165, 1.54) is 5.56 Å². The zero-order chi connectivity index (χ0) is 15.1. The van der Waals surface area contributed by atoms with E-state index in [1.54, 1.807) is 7.11 Å². The van der Waals surface area contributed by atoms with Crippen LogP contribution in [0.2, 0.25) is 0 Å². The zero-order valence-electron chi connectivity index (χ0n) is 13.3. The molecule has 5 heteroatoms. The number of benzene rings is 1. The molecule has 0 spiro atoms. The molecule has 1 aromatic carbocycles. The number of hydrogen-bond acceptors (Lipinski definition) is 4. The second-order valence-corrected chi connectivity index (χ2v) is 5.26. The summed E-state index contributed by atoms with van der Waals surface area (Å²) in [5.41, 5.74) is 1.25. The van der Waals surface area contributed by atoms with E-state index in [0.717, 1.165) is 31.2 Å². The van der Waals surface area contributed by atoms with Crippen molar-refractivity contribution >= 4 is 5.82 Å². The molecule has 0 saturated carbocycles. The van der Waals surface area contributed by atoms with E-state index in [9.17, 15) is 0 Å². The molecule has 1 aromatic heterocycles. The van der Waals surface area contributed by atoms with Crippen molar-refractivity contribution in [1.29, 1.82) is 0 Å². The van der Waals surface area contributed by atoms with Gasteiger partial charge in [0.15, 0.2) is 0 Å². The SMILES string of the molecule is COc1ccc(CN(CCN(C)C)c2ccccn2)cc1.[Ag]. The first kappa shape index (κ1) is 18.7. The molecule has 4 nitrogen and oxygen atoms in total. The minimum Gasteiger partial charge on any atom is -0.497 e. The van der Waals surface area contributed by atoms with Crippen LogP contribution in [0.15, 0.2) is 48.7 Å². The van der Waals surface area contributed by atoms with E-state index < -0.39 is 0 Å². The molecule has 0 atom stereocenters. The molecule has 22 heavy (non-hydrogen) atoms. The number of ether oxygens (including phenoxy) is 1. The average Bonchev–Trinajstić information content (AvgIpc) is 2.52. The van der Waals surface area contributed by atoms with Crippen LogP contribution in [0, 0.1) is 0 Å². The van der Waals surface area contributed by atoms with Gasteiger partial charge in [-0.05, 0) is 43.9 Å². The van der Waals surface area contributed by atoms with E-state index in [4.69, 9.17) is 4.74 Å². The zero-order valence-corrected chi connectivity index (χ0v) is 14.8. The third-order valence-electron chi connectivity index (χ3n) is 3.32. The van der Waals surface area contributed by atoms with Crippen molar-refractivity contribution in [2.24, 2.45) is 0 Å². The van der Waals surface area contributed by atoms with Gasteiger partial charge in [0.1, 0.15) is 11.6 Å². The number of methoxy groups -OCH3 is 1. The Morgan fingerprint density at radius 3 is 2.27 bits per heavy atom. The normalized spacial score (nSPS) is 10.2. The molecule has 123 valence electrons. The maximum atomic E-state index is 5.21. The van der Waals surface area contributed by atoms with Gasteiger partial charge >= 0.3 is 0 Å². The fraction of sp³-hybridized carbons (Fsp3) is 0.353. The molecule has 0 N–H and O–H groups in total. The molecule has 1 heterocycles. The van der Waals surface area contributed by atoms with Crippen molar-refractivity contribution in [3.05, 3.63) is 54.2 Å².